The van der Waals surface area contributed by atoms with E-state index in [1.807, 2.05) is 0 Å². The molecular weight excluding hydrogens is 423 g/mol. The number of amides is 1. The van der Waals surface area contributed by atoms with E-state index in [4.69, 9.17) is 0 Å². The second-order valence-electron chi connectivity index (χ2n) is 5.52. The minimum Gasteiger partial charge on any atom is -0.300 e. The second kappa shape index (κ2) is 6.58. The maximum Gasteiger partial charge on any atom is 0.261 e. The summed E-state index contributed by atoms with van der Waals surface area (Å²) >= 11 is 4.49. The van der Waals surface area contributed by atoms with Gasteiger partial charge in [-0.15, -0.1) is 0 Å². The molecular formula is C17H10BrFN4O2S. The maximum absolute atomic E-state index is 13.2. The lowest BCUT2D eigenvalue weighted by molar-refractivity contribution is -0.116. The first-order valence-electron chi connectivity index (χ1n) is 7.50. The molecule has 0 aliphatic heterocycles. The predicted molar refractivity (Wildman–Crippen MR) is 102 cm³/mol. The van der Waals surface area contributed by atoms with E-state index >= 15 is 0 Å². The fourth-order valence-electron chi connectivity index (χ4n) is 2.51. The summed E-state index contributed by atoms with van der Waals surface area (Å²) in [6.45, 7) is -0.196. The third-order valence-electron chi connectivity index (χ3n) is 3.70. The number of aromatic nitrogens is 3. The number of halogens is 2. The Morgan fingerprint density at radius 1 is 1.23 bits per heavy atom. The van der Waals surface area contributed by atoms with E-state index in [1.165, 1.54) is 34.4 Å². The van der Waals surface area contributed by atoms with Crippen molar-refractivity contribution >= 4 is 59.4 Å². The van der Waals surface area contributed by atoms with Gasteiger partial charge in [-0.05, 0) is 36.4 Å². The average Bonchev–Trinajstić information content (AvgIpc) is 2.99. The van der Waals surface area contributed by atoms with Gasteiger partial charge in [-0.2, -0.15) is 0 Å². The van der Waals surface area contributed by atoms with Gasteiger partial charge in [0.25, 0.3) is 5.56 Å². The lowest BCUT2D eigenvalue weighted by Gasteiger charge is -2.06. The van der Waals surface area contributed by atoms with Crippen molar-refractivity contribution in [1.29, 1.82) is 0 Å². The molecule has 1 N–H and O–H groups in total. The summed E-state index contributed by atoms with van der Waals surface area (Å²) in [5.41, 5.74) is 0.849. The number of carbonyl (C=O) groups is 1. The molecule has 4 rings (SSSR count). The van der Waals surface area contributed by atoms with E-state index in [-0.39, 0.29) is 17.9 Å². The Balaban J connectivity index is 1.58. The highest BCUT2D eigenvalue weighted by Crippen LogP contribution is 2.26. The van der Waals surface area contributed by atoms with Crippen molar-refractivity contribution in [3.8, 4) is 0 Å². The largest absolute Gasteiger partial charge is 0.300 e. The first-order valence-corrected chi connectivity index (χ1v) is 9.11. The Bertz CT molecular complexity index is 1220. The van der Waals surface area contributed by atoms with Crippen LogP contribution in [0.15, 0.2) is 52.0 Å². The van der Waals surface area contributed by atoms with Crippen molar-refractivity contribution < 1.29 is 9.18 Å². The van der Waals surface area contributed by atoms with E-state index in [9.17, 15) is 14.0 Å². The van der Waals surface area contributed by atoms with Gasteiger partial charge in [0.15, 0.2) is 5.13 Å². The summed E-state index contributed by atoms with van der Waals surface area (Å²) in [6, 6.07) is 9.41. The van der Waals surface area contributed by atoms with E-state index in [0.717, 1.165) is 4.47 Å². The van der Waals surface area contributed by atoms with Crippen LogP contribution in [0.5, 0.6) is 0 Å². The van der Waals surface area contributed by atoms with Crippen molar-refractivity contribution in [2.45, 2.75) is 6.54 Å². The normalized spacial score (nSPS) is 11.2. The van der Waals surface area contributed by atoms with Crippen molar-refractivity contribution in [3.63, 3.8) is 0 Å². The van der Waals surface area contributed by atoms with E-state index in [2.05, 4.69) is 31.2 Å². The van der Waals surface area contributed by atoms with Crippen LogP contribution in [0.25, 0.3) is 21.1 Å². The fourth-order valence-corrected chi connectivity index (χ4v) is 3.78. The van der Waals surface area contributed by atoms with Crippen LogP contribution in [0.4, 0.5) is 9.52 Å². The highest BCUT2D eigenvalue weighted by Gasteiger charge is 2.11. The third kappa shape index (κ3) is 3.23. The lowest BCUT2D eigenvalue weighted by atomic mass is 10.2. The van der Waals surface area contributed by atoms with Crippen LogP contribution in [0.2, 0.25) is 0 Å². The summed E-state index contributed by atoms with van der Waals surface area (Å²) in [4.78, 5) is 33.2. The number of hydrogen-bond donors (Lipinski definition) is 1. The molecule has 1 amide bonds. The number of rotatable bonds is 3. The Morgan fingerprint density at radius 2 is 2.04 bits per heavy atom. The highest BCUT2D eigenvalue weighted by atomic mass is 79.9. The number of benzene rings is 2. The quantitative estimate of drug-likeness (QED) is 0.536. The lowest BCUT2D eigenvalue weighted by Crippen LogP contribution is -2.27. The number of anilines is 1. The van der Waals surface area contributed by atoms with Gasteiger partial charge in [0, 0.05) is 4.47 Å². The number of carbonyl (C=O) groups excluding carboxylic acids is 1. The molecule has 6 nitrogen and oxygen atoms in total. The Hall–Kier alpha value is -2.65. The SMILES string of the molecule is O=C(Cn1cnc2ccc(Br)cc2c1=O)Nc1nc2ccc(F)cc2s1. The zero-order chi connectivity index (χ0) is 18.3. The molecule has 0 aliphatic carbocycles. The Kier molecular flexibility index (Phi) is 4.25. The molecule has 0 atom stereocenters. The molecule has 26 heavy (non-hydrogen) atoms. The molecule has 2 aromatic heterocycles. The van der Waals surface area contributed by atoms with Gasteiger partial charge in [-0.1, -0.05) is 27.3 Å². The monoisotopic (exact) mass is 432 g/mol. The van der Waals surface area contributed by atoms with Gasteiger partial charge >= 0.3 is 0 Å². The summed E-state index contributed by atoms with van der Waals surface area (Å²) < 4.78 is 15.9. The summed E-state index contributed by atoms with van der Waals surface area (Å²) in [5.74, 6) is -0.776. The number of nitrogens with one attached hydrogen (secondary N) is 1. The Morgan fingerprint density at radius 3 is 2.88 bits per heavy atom. The van der Waals surface area contributed by atoms with Gasteiger partial charge in [0.1, 0.15) is 12.4 Å². The van der Waals surface area contributed by atoms with E-state index < -0.39 is 5.91 Å². The zero-order valence-corrected chi connectivity index (χ0v) is 15.5. The van der Waals surface area contributed by atoms with Crippen LogP contribution >= 0.6 is 27.3 Å². The van der Waals surface area contributed by atoms with E-state index in [0.29, 0.717) is 26.3 Å². The van der Waals surface area contributed by atoms with E-state index in [1.54, 1.807) is 24.3 Å². The molecule has 0 spiro atoms. The molecule has 130 valence electrons. The van der Waals surface area contributed by atoms with Gasteiger partial charge in [0.05, 0.1) is 27.4 Å². The van der Waals surface area contributed by atoms with Crippen LogP contribution in [-0.4, -0.2) is 20.4 Å². The molecule has 0 fully saturated rings. The van der Waals surface area contributed by atoms with Gasteiger partial charge in [-0.25, -0.2) is 14.4 Å². The molecule has 0 unspecified atom stereocenters. The highest BCUT2D eigenvalue weighted by molar-refractivity contribution is 9.10. The minimum atomic E-state index is -0.414. The predicted octanol–water partition coefficient (Wildman–Crippen LogP) is 3.55. The van der Waals surface area contributed by atoms with Crippen LogP contribution < -0.4 is 10.9 Å². The van der Waals surface area contributed by atoms with Gasteiger partial charge in [0.2, 0.25) is 5.91 Å². The van der Waals surface area contributed by atoms with Crippen molar-refractivity contribution in [3.05, 3.63) is 63.4 Å². The van der Waals surface area contributed by atoms with Crippen LogP contribution in [0.1, 0.15) is 0 Å². The minimum absolute atomic E-state index is 0.196. The van der Waals surface area contributed by atoms with Crippen LogP contribution in [-0.2, 0) is 11.3 Å². The molecule has 4 aromatic rings. The molecule has 0 aliphatic rings. The first kappa shape index (κ1) is 16.8. The molecule has 0 saturated carbocycles. The topological polar surface area (TPSA) is 76.9 Å². The number of hydrogen-bond acceptors (Lipinski definition) is 5. The number of nitrogens with zero attached hydrogens (tertiary/aromatic N) is 3. The van der Waals surface area contributed by atoms with Crippen molar-refractivity contribution in [2.24, 2.45) is 0 Å². The second-order valence-corrected chi connectivity index (χ2v) is 7.46. The van der Waals surface area contributed by atoms with Crippen LogP contribution in [0, 0.1) is 5.82 Å². The molecule has 0 radical (unpaired) electrons. The summed E-state index contributed by atoms with van der Waals surface area (Å²) in [6.07, 6.45) is 1.34. The maximum atomic E-state index is 13.2. The molecule has 9 heteroatoms. The average molecular weight is 433 g/mol. The first-order chi connectivity index (χ1) is 12.5. The molecule has 2 heterocycles. The van der Waals surface area contributed by atoms with Gasteiger partial charge in [-0.3, -0.25) is 14.2 Å². The number of thiazole rings is 1. The van der Waals surface area contributed by atoms with Crippen LogP contribution in [0.3, 0.4) is 0 Å². The number of fused-ring (bicyclic) bond motifs is 2. The molecule has 0 saturated heterocycles. The standard InChI is InChI=1S/C17H10BrFN4O2S/c18-9-1-3-12-11(5-9)16(25)23(8-20-12)7-15(24)22-17-21-13-4-2-10(19)6-14(13)26-17/h1-6,8H,7H2,(H,21,22,24). The zero-order valence-electron chi connectivity index (χ0n) is 13.1. The van der Waals surface area contributed by atoms with Crippen molar-refractivity contribution in [1.82, 2.24) is 14.5 Å². The third-order valence-corrected chi connectivity index (χ3v) is 5.12. The van der Waals surface area contributed by atoms with Gasteiger partial charge < -0.3 is 5.32 Å². The Labute approximate surface area is 158 Å². The summed E-state index contributed by atoms with van der Waals surface area (Å²) in [5, 5.41) is 3.40. The molecule has 0 bridgehead atoms. The summed E-state index contributed by atoms with van der Waals surface area (Å²) in [7, 11) is 0. The molecule has 2 aromatic carbocycles. The van der Waals surface area contributed by atoms with Crippen molar-refractivity contribution in [2.75, 3.05) is 5.32 Å². The fraction of sp³-hybridized carbons (Fsp3) is 0.0588. The smallest absolute Gasteiger partial charge is 0.261 e.